The van der Waals surface area contributed by atoms with Gasteiger partial charge in [0.05, 0.1) is 6.10 Å². The zero-order valence-electron chi connectivity index (χ0n) is 18.1. The van der Waals surface area contributed by atoms with Crippen LogP contribution >= 0.6 is 0 Å². The molecular formula is C23H39NO5. The van der Waals surface area contributed by atoms with Gasteiger partial charge in [-0.3, -0.25) is 14.4 Å². The molecule has 2 N–H and O–H groups in total. The summed E-state index contributed by atoms with van der Waals surface area (Å²) in [4.78, 5) is 35.8. The van der Waals surface area contributed by atoms with Gasteiger partial charge in [0.2, 0.25) is 5.91 Å². The highest BCUT2D eigenvalue weighted by Crippen LogP contribution is 2.34. The molecule has 0 aromatic rings. The molecule has 0 bridgehead atoms. The van der Waals surface area contributed by atoms with E-state index < -0.39 is 12.1 Å². The third kappa shape index (κ3) is 11.2. The fourth-order valence-electron chi connectivity index (χ4n) is 3.93. The fourth-order valence-corrected chi connectivity index (χ4v) is 3.93. The van der Waals surface area contributed by atoms with E-state index in [9.17, 15) is 19.5 Å². The summed E-state index contributed by atoms with van der Waals surface area (Å²) in [5.74, 6) is -0.0693. The Morgan fingerprint density at radius 2 is 1.72 bits per heavy atom. The van der Waals surface area contributed by atoms with Crippen LogP contribution in [0.25, 0.3) is 0 Å². The van der Waals surface area contributed by atoms with Gasteiger partial charge in [-0.15, -0.1) is 0 Å². The molecular weight excluding hydrogens is 370 g/mol. The summed E-state index contributed by atoms with van der Waals surface area (Å²) in [6, 6.07) is 0. The molecule has 1 fully saturated rings. The topological polar surface area (TPSA) is 94.9 Å². The molecule has 6 heteroatoms. The number of carbonyl (C=O) groups is 3. The smallest absolute Gasteiger partial charge is 0.303 e. The van der Waals surface area contributed by atoms with Gasteiger partial charge in [0, 0.05) is 39.3 Å². The molecule has 1 aliphatic rings. The van der Waals surface area contributed by atoms with Crippen LogP contribution in [-0.2, 0) is 14.4 Å². The number of nitrogens with zero attached hydrogens (tertiary/aromatic N) is 1. The fraction of sp³-hybridized carbons (Fsp3) is 0.783. The highest BCUT2D eigenvalue weighted by atomic mass is 16.4. The number of aliphatic hydroxyl groups is 1. The van der Waals surface area contributed by atoms with E-state index in [2.05, 4.69) is 0 Å². The molecule has 1 aliphatic carbocycles. The van der Waals surface area contributed by atoms with Crippen LogP contribution in [0.15, 0.2) is 12.2 Å². The summed E-state index contributed by atoms with van der Waals surface area (Å²) in [5.41, 5.74) is 0. The van der Waals surface area contributed by atoms with Crippen LogP contribution in [0.1, 0.15) is 83.5 Å². The largest absolute Gasteiger partial charge is 0.481 e. The number of allylic oxidation sites excluding steroid dienone is 1. The zero-order valence-corrected chi connectivity index (χ0v) is 18.1. The van der Waals surface area contributed by atoms with E-state index in [1.54, 1.807) is 19.0 Å². The molecule has 0 aliphatic heterocycles. The monoisotopic (exact) mass is 409 g/mol. The van der Waals surface area contributed by atoms with Crippen LogP contribution < -0.4 is 0 Å². The molecule has 0 radical (unpaired) electrons. The lowest BCUT2D eigenvalue weighted by Gasteiger charge is -2.15. The maximum Gasteiger partial charge on any atom is 0.303 e. The Morgan fingerprint density at radius 3 is 2.41 bits per heavy atom. The van der Waals surface area contributed by atoms with Gasteiger partial charge >= 0.3 is 5.97 Å². The van der Waals surface area contributed by atoms with E-state index in [0.29, 0.717) is 31.5 Å². The third-order valence-corrected chi connectivity index (χ3v) is 5.78. The molecule has 0 saturated heterocycles. The van der Waals surface area contributed by atoms with Gasteiger partial charge in [0.15, 0.2) is 0 Å². The van der Waals surface area contributed by atoms with Gasteiger partial charge in [0.1, 0.15) is 5.78 Å². The average Bonchev–Trinajstić information content (AvgIpc) is 3.01. The summed E-state index contributed by atoms with van der Waals surface area (Å²) >= 11 is 0. The van der Waals surface area contributed by atoms with Crippen molar-refractivity contribution in [2.45, 2.75) is 89.6 Å². The lowest BCUT2D eigenvalue weighted by Crippen LogP contribution is -2.20. The molecule has 0 spiro atoms. The first-order valence-corrected chi connectivity index (χ1v) is 11.1. The first kappa shape index (κ1) is 25.3. The SMILES string of the molecule is CN(C)C(=O)CCCCCCC(O)C=CC1CCC(=O)C1CCCCCC(=O)O. The zero-order chi connectivity index (χ0) is 21.6. The summed E-state index contributed by atoms with van der Waals surface area (Å²) in [6.07, 6.45) is 13.4. The number of ketones is 1. The second-order valence-electron chi connectivity index (χ2n) is 8.46. The van der Waals surface area contributed by atoms with Crippen molar-refractivity contribution in [2.75, 3.05) is 14.1 Å². The van der Waals surface area contributed by atoms with Crippen molar-refractivity contribution >= 4 is 17.7 Å². The number of hydrogen-bond acceptors (Lipinski definition) is 4. The summed E-state index contributed by atoms with van der Waals surface area (Å²) in [6.45, 7) is 0. The Bertz CT molecular complexity index is 543. The number of aliphatic carboxylic acids is 1. The van der Waals surface area contributed by atoms with Crippen molar-refractivity contribution in [1.82, 2.24) is 4.90 Å². The Labute approximate surface area is 175 Å². The number of rotatable bonds is 15. The number of Topliss-reactive ketones (excluding diaryl/α,β-unsaturated/α-hetero) is 1. The van der Waals surface area contributed by atoms with Gasteiger partial charge in [-0.25, -0.2) is 0 Å². The van der Waals surface area contributed by atoms with E-state index in [0.717, 1.165) is 51.4 Å². The normalized spacial score (nSPS) is 20.3. The molecule has 1 amide bonds. The molecule has 0 aromatic heterocycles. The van der Waals surface area contributed by atoms with Gasteiger partial charge in [-0.05, 0) is 38.0 Å². The summed E-state index contributed by atoms with van der Waals surface area (Å²) in [5, 5.41) is 18.9. The van der Waals surface area contributed by atoms with E-state index in [-0.39, 0.29) is 24.2 Å². The lowest BCUT2D eigenvalue weighted by atomic mass is 9.89. The van der Waals surface area contributed by atoms with E-state index in [1.807, 2.05) is 12.2 Å². The van der Waals surface area contributed by atoms with Crippen LogP contribution in [0.3, 0.4) is 0 Å². The van der Waals surface area contributed by atoms with Crippen LogP contribution in [0.5, 0.6) is 0 Å². The first-order valence-electron chi connectivity index (χ1n) is 11.1. The van der Waals surface area contributed by atoms with Crippen molar-refractivity contribution in [1.29, 1.82) is 0 Å². The number of carboxylic acid groups (broad SMARTS) is 1. The third-order valence-electron chi connectivity index (χ3n) is 5.78. The number of hydrogen-bond donors (Lipinski definition) is 2. The molecule has 1 saturated carbocycles. The predicted octanol–water partition coefficient (Wildman–Crippen LogP) is 3.96. The van der Waals surface area contributed by atoms with Crippen LogP contribution in [0.4, 0.5) is 0 Å². The Morgan fingerprint density at radius 1 is 1.07 bits per heavy atom. The van der Waals surface area contributed by atoms with E-state index in [1.165, 1.54) is 0 Å². The number of unbranched alkanes of at least 4 members (excludes halogenated alkanes) is 5. The quantitative estimate of drug-likeness (QED) is 0.315. The Balaban J connectivity index is 2.21. The predicted molar refractivity (Wildman–Crippen MR) is 113 cm³/mol. The van der Waals surface area contributed by atoms with Crippen molar-refractivity contribution in [3.05, 3.63) is 12.2 Å². The van der Waals surface area contributed by atoms with Gasteiger partial charge in [-0.2, -0.15) is 0 Å². The van der Waals surface area contributed by atoms with Crippen molar-refractivity contribution in [3.63, 3.8) is 0 Å². The number of aliphatic hydroxyl groups excluding tert-OH is 1. The minimum Gasteiger partial charge on any atom is -0.481 e. The molecule has 0 aromatic carbocycles. The van der Waals surface area contributed by atoms with Crippen LogP contribution in [0, 0.1) is 11.8 Å². The first-order chi connectivity index (χ1) is 13.8. The maximum atomic E-state index is 12.1. The summed E-state index contributed by atoms with van der Waals surface area (Å²) < 4.78 is 0. The highest BCUT2D eigenvalue weighted by Gasteiger charge is 2.32. The van der Waals surface area contributed by atoms with Crippen molar-refractivity contribution in [3.8, 4) is 0 Å². The molecule has 1 rings (SSSR count). The van der Waals surface area contributed by atoms with Crippen molar-refractivity contribution < 1.29 is 24.6 Å². The minimum atomic E-state index is -0.765. The minimum absolute atomic E-state index is 0.0255. The maximum absolute atomic E-state index is 12.1. The van der Waals surface area contributed by atoms with Gasteiger partial charge in [0.25, 0.3) is 0 Å². The molecule has 0 heterocycles. The number of amides is 1. The number of carbonyl (C=O) groups excluding carboxylic acids is 2. The second-order valence-corrected chi connectivity index (χ2v) is 8.46. The highest BCUT2D eigenvalue weighted by molar-refractivity contribution is 5.83. The van der Waals surface area contributed by atoms with Crippen LogP contribution in [0.2, 0.25) is 0 Å². The van der Waals surface area contributed by atoms with Crippen LogP contribution in [-0.4, -0.2) is 53.0 Å². The average molecular weight is 410 g/mol. The van der Waals surface area contributed by atoms with E-state index >= 15 is 0 Å². The van der Waals surface area contributed by atoms with E-state index in [4.69, 9.17) is 5.11 Å². The molecule has 3 atom stereocenters. The Hall–Kier alpha value is -1.69. The standard InChI is InChI=1S/C23H39NO5/c1-24(2)22(27)12-8-4-3-6-10-19(25)16-14-18-15-17-21(26)20(18)11-7-5-9-13-23(28)29/h14,16,18-20,25H,3-13,15,17H2,1-2H3,(H,28,29). The van der Waals surface area contributed by atoms with Gasteiger partial charge in [-0.1, -0.05) is 44.3 Å². The van der Waals surface area contributed by atoms with Gasteiger partial charge < -0.3 is 15.1 Å². The number of carboxylic acids is 1. The molecule has 29 heavy (non-hydrogen) atoms. The second kappa shape index (κ2) is 14.3. The van der Waals surface area contributed by atoms with Crippen molar-refractivity contribution in [2.24, 2.45) is 11.8 Å². The Kier molecular flexibility index (Phi) is 12.5. The molecule has 166 valence electrons. The molecule has 6 nitrogen and oxygen atoms in total. The summed E-state index contributed by atoms with van der Waals surface area (Å²) in [7, 11) is 3.54. The molecule has 3 unspecified atom stereocenters. The lowest BCUT2D eigenvalue weighted by molar-refractivity contribution is -0.137.